The molecule has 24 heteroatoms. The van der Waals surface area contributed by atoms with Crippen molar-refractivity contribution >= 4 is 102 Å². The molecule has 19 nitrogen and oxygen atoms in total. The maximum Gasteiger partial charge on any atom is 0.184 e. The molecule has 18 rings (SSSR count). The molecular formula is C64H63F2N19S3. The Balaban J connectivity index is 0.000000106. The predicted molar refractivity (Wildman–Crippen MR) is 344 cm³/mol. The molecule has 88 heavy (non-hydrogen) atoms. The Morgan fingerprint density at radius 1 is 0.500 bits per heavy atom. The van der Waals surface area contributed by atoms with E-state index in [2.05, 4.69) is 74.1 Å². The number of nitrogens with one attached hydrogen (secondary N) is 6. The third kappa shape index (κ3) is 11.1. The summed E-state index contributed by atoms with van der Waals surface area (Å²) < 4.78 is 37.4. The molecule has 0 amide bonds. The van der Waals surface area contributed by atoms with Crippen LogP contribution in [0, 0.1) is 36.8 Å². The molecule has 6 aliphatic heterocycles. The summed E-state index contributed by atoms with van der Waals surface area (Å²) in [6.07, 6.45) is 29.5. The zero-order chi connectivity index (χ0) is 59.3. The van der Waals surface area contributed by atoms with Gasteiger partial charge in [0.05, 0.1) is 66.7 Å². The van der Waals surface area contributed by atoms with E-state index in [1.54, 1.807) is 62.5 Å². The summed E-state index contributed by atoms with van der Waals surface area (Å²) in [5.41, 5.74) is 11.0. The van der Waals surface area contributed by atoms with E-state index in [0.29, 0.717) is 76.8 Å². The van der Waals surface area contributed by atoms with Crippen LogP contribution in [0.1, 0.15) is 94.0 Å². The lowest BCUT2D eigenvalue weighted by atomic mass is 10.0. The summed E-state index contributed by atoms with van der Waals surface area (Å²) in [6, 6.07) is 20.4. The van der Waals surface area contributed by atoms with Crippen LogP contribution in [0.5, 0.6) is 0 Å². The van der Waals surface area contributed by atoms with Crippen molar-refractivity contribution in [2.24, 2.45) is 7.05 Å². The highest BCUT2D eigenvalue weighted by atomic mass is 32.1. The van der Waals surface area contributed by atoms with Crippen molar-refractivity contribution in [2.75, 3.05) is 16.0 Å². The van der Waals surface area contributed by atoms with E-state index in [1.165, 1.54) is 50.7 Å². The van der Waals surface area contributed by atoms with E-state index in [1.807, 2.05) is 79.7 Å². The maximum absolute atomic E-state index is 14.5. The van der Waals surface area contributed by atoms with E-state index < -0.39 is 0 Å². The summed E-state index contributed by atoms with van der Waals surface area (Å²) in [5, 5.41) is 39.3. The summed E-state index contributed by atoms with van der Waals surface area (Å²) in [7, 11) is 1.79. The molecule has 0 saturated carbocycles. The highest BCUT2D eigenvalue weighted by Gasteiger charge is 2.36. The number of imidazole rings is 2. The predicted octanol–water partition coefficient (Wildman–Crippen LogP) is 12.1. The fourth-order valence-electron chi connectivity index (χ4n) is 14.3. The summed E-state index contributed by atoms with van der Waals surface area (Å²) in [6.45, 7) is 3.79. The zero-order valence-electron chi connectivity index (χ0n) is 48.6. The van der Waals surface area contributed by atoms with Crippen LogP contribution in [0.15, 0.2) is 92.0 Å². The third-order valence-corrected chi connectivity index (χ3v) is 21.1. The van der Waals surface area contributed by atoms with Crippen LogP contribution < -0.4 is 31.9 Å². The minimum Gasteiger partial charge on any atom is -0.359 e. The third-order valence-electron chi connectivity index (χ3n) is 18.2. The Hall–Kier alpha value is -8.18. The zero-order valence-corrected chi connectivity index (χ0v) is 51.1. The monoisotopic (exact) mass is 1230 g/mol. The minimum atomic E-state index is -0.343. The van der Waals surface area contributed by atoms with Crippen LogP contribution in [0.4, 0.5) is 24.2 Å². The molecule has 6 atom stereocenters. The second kappa shape index (κ2) is 22.4. The average Bonchev–Trinajstić information content (AvgIpc) is 2.24. The highest BCUT2D eigenvalue weighted by molar-refractivity contribution is 7.23. The molecule has 6 N–H and O–H groups in total. The van der Waals surface area contributed by atoms with E-state index in [-0.39, 0.29) is 11.6 Å². The normalized spacial score (nSPS) is 23.6. The fraction of sp³-hybridized carbons (Fsp3) is 0.375. The lowest BCUT2D eigenvalue weighted by Crippen LogP contribution is -2.43. The first kappa shape index (κ1) is 55.2. The number of rotatable bonds is 9. The van der Waals surface area contributed by atoms with E-state index in [9.17, 15) is 14.0 Å². The van der Waals surface area contributed by atoms with Crippen molar-refractivity contribution in [1.82, 2.24) is 74.4 Å². The fourth-order valence-corrected chi connectivity index (χ4v) is 17.2. The molecule has 0 aliphatic carbocycles. The molecule has 6 saturated heterocycles. The average molecular weight is 1230 g/mol. The maximum atomic E-state index is 14.5. The van der Waals surface area contributed by atoms with Crippen LogP contribution in [0.25, 0.3) is 86.6 Å². The number of anilines is 3. The quantitative estimate of drug-likeness (QED) is 0.0790. The van der Waals surface area contributed by atoms with Gasteiger partial charge in [-0.1, -0.05) is 34.0 Å². The van der Waals surface area contributed by atoms with E-state index in [4.69, 9.17) is 15.0 Å². The Morgan fingerprint density at radius 3 is 1.36 bits per heavy atom. The van der Waals surface area contributed by atoms with Gasteiger partial charge in [0.25, 0.3) is 0 Å². The molecule has 6 bridgehead atoms. The van der Waals surface area contributed by atoms with Gasteiger partial charge in [-0.05, 0) is 133 Å². The standard InChI is InChI=1S/C22H21N7S.2C21H21FN6S/c1-12-10-29-11-14(4-13(8-23)21(29)25-12)18-7-20-19(9-24-18)28-22(30-20)27-17-5-15-2-3-16(6-17)26-15;1-28-10-12-4-11(5-16(22)20(12)27-28)17-8-19-18(9-23-17)26-21(29-19)25-15-6-13-2-3-14(7-15)24-13;1-11-9-28-10-12(4-16(22)20(28)24-11)17-7-19-18(8-23-17)27-21(29-19)26-15-5-13-2-3-14(6-15)25-13/h4,7,9-11,15-17,26H,2-3,5-6H2,1H3,(H,27,28);4-5,8-10,13-15,24H,2-3,6-7H2,1H3,(H,25,26);4,7-10,13-15,25H,2-3,5-6H2,1H3,(H,26,27). The Labute approximate surface area is 516 Å². The highest BCUT2D eigenvalue weighted by Crippen LogP contribution is 2.38. The van der Waals surface area contributed by atoms with Crippen molar-refractivity contribution in [3.8, 4) is 39.8 Å². The number of benzene rings is 1. The molecule has 0 spiro atoms. The summed E-state index contributed by atoms with van der Waals surface area (Å²) in [5.74, 6) is -0.670. The number of nitrogens with zero attached hydrogens (tertiary/aromatic N) is 13. The summed E-state index contributed by atoms with van der Waals surface area (Å²) in [4.78, 5) is 36.5. The second-order valence-electron chi connectivity index (χ2n) is 24.8. The first-order valence-corrected chi connectivity index (χ1v) is 32.9. The molecule has 12 aromatic rings. The van der Waals surface area contributed by atoms with Crippen molar-refractivity contribution in [3.05, 3.63) is 121 Å². The molecule has 6 fully saturated rings. The lowest BCUT2D eigenvalue weighted by Gasteiger charge is -2.29. The Kier molecular flexibility index (Phi) is 14.1. The number of aryl methyl sites for hydroxylation is 3. The van der Waals surface area contributed by atoms with Crippen LogP contribution >= 0.6 is 34.0 Å². The molecule has 6 unspecified atom stereocenters. The second-order valence-corrected chi connectivity index (χ2v) is 27.9. The van der Waals surface area contributed by atoms with Crippen LogP contribution in [-0.4, -0.2) is 113 Å². The Bertz CT molecular complexity index is 4480. The number of halogens is 2. The van der Waals surface area contributed by atoms with Gasteiger partial charge in [-0.25, -0.2) is 33.7 Å². The molecule has 17 heterocycles. The number of fused-ring (bicyclic) bond motifs is 12. The van der Waals surface area contributed by atoms with Gasteiger partial charge in [0.2, 0.25) is 0 Å². The van der Waals surface area contributed by atoms with Crippen LogP contribution in [0.3, 0.4) is 0 Å². The number of pyridine rings is 5. The van der Waals surface area contributed by atoms with Crippen molar-refractivity contribution < 1.29 is 8.78 Å². The number of aromatic nitrogens is 12. The van der Waals surface area contributed by atoms with Gasteiger partial charge < -0.3 is 40.7 Å². The number of nitriles is 1. The van der Waals surface area contributed by atoms with Crippen LogP contribution in [-0.2, 0) is 7.05 Å². The molecular weight excluding hydrogens is 1170 g/mol. The molecule has 11 aromatic heterocycles. The van der Waals surface area contributed by atoms with Crippen molar-refractivity contribution in [3.63, 3.8) is 0 Å². The van der Waals surface area contributed by atoms with Gasteiger partial charge in [0, 0.05) is 114 Å². The number of hydrogen-bond acceptors (Lipinski definition) is 19. The van der Waals surface area contributed by atoms with E-state index in [0.717, 1.165) is 135 Å². The van der Waals surface area contributed by atoms with E-state index >= 15 is 0 Å². The topological polar surface area (TPSA) is 226 Å². The van der Waals surface area contributed by atoms with Crippen molar-refractivity contribution in [1.29, 1.82) is 5.26 Å². The van der Waals surface area contributed by atoms with Gasteiger partial charge >= 0.3 is 0 Å². The molecule has 1 aromatic carbocycles. The minimum absolute atomic E-state index is 0.327. The van der Waals surface area contributed by atoms with Gasteiger partial charge in [0.15, 0.2) is 38.3 Å². The first-order valence-electron chi connectivity index (χ1n) is 30.4. The van der Waals surface area contributed by atoms with Crippen LogP contribution in [0.2, 0.25) is 0 Å². The number of piperidine rings is 3. The summed E-state index contributed by atoms with van der Waals surface area (Å²) >= 11 is 4.95. The SMILES string of the molecule is Cc1cn2cc(-c3cc4sc(NC5CC6CCC(C5)N6)nc4cn3)cc(C#N)c2n1.Cc1cn2cc(-c3cc4sc(NC5CC6CCC(C5)N6)nc4cn3)cc(F)c2n1.Cn1cc2cc(-c3cc4sc(NC5CC6CCC(C5)N6)nc4cn3)cc(F)c2n1. The smallest absolute Gasteiger partial charge is 0.184 e. The largest absolute Gasteiger partial charge is 0.359 e. The van der Waals surface area contributed by atoms with Gasteiger partial charge in [-0.2, -0.15) is 10.4 Å². The first-order chi connectivity index (χ1) is 42.8. The molecule has 6 aliphatic rings. The number of thiazole rings is 3. The molecule has 446 valence electrons. The molecule has 0 radical (unpaired) electrons. The Morgan fingerprint density at radius 2 is 0.909 bits per heavy atom. The lowest BCUT2D eigenvalue weighted by molar-refractivity contribution is 0.378. The van der Waals surface area contributed by atoms with Gasteiger partial charge in [0.1, 0.15) is 28.1 Å². The van der Waals surface area contributed by atoms with Gasteiger partial charge in [-0.15, -0.1) is 0 Å². The number of hydrogen-bond donors (Lipinski definition) is 6. The van der Waals surface area contributed by atoms with Crippen molar-refractivity contribution in [2.45, 2.75) is 145 Å². The van der Waals surface area contributed by atoms with Gasteiger partial charge in [-0.3, -0.25) is 19.6 Å².